The molecule has 0 unspecified atom stereocenters. The number of rotatable bonds is 2. The summed E-state index contributed by atoms with van der Waals surface area (Å²) < 4.78 is 0.708. The van der Waals surface area contributed by atoms with Crippen LogP contribution in [0.5, 0.6) is 0 Å². The maximum absolute atomic E-state index is 9.04. The zero-order valence-electron chi connectivity index (χ0n) is 7.08. The highest BCUT2D eigenvalue weighted by molar-refractivity contribution is 9.10. The molecule has 3 nitrogen and oxygen atoms in total. The van der Waals surface area contributed by atoms with Gasteiger partial charge in [-0.1, -0.05) is 13.8 Å². The minimum Gasteiger partial charge on any atom is -0.395 e. The van der Waals surface area contributed by atoms with Crippen molar-refractivity contribution >= 4 is 15.9 Å². The molecule has 0 spiro atoms. The van der Waals surface area contributed by atoms with E-state index in [-0.39, 0.29) is 12.0 Å². The van der Waals surface area contributed by atoms with E-state index in [2.05, 4.69) is 25.9 Å². The molecular weight excluding hydrogens is 220 g/mol. The average Bonchev–Trinajstić information content (AvgIpc) is 2.05. The van der Waals surface area contributed by atoms with Crippen LogP contribution in [0.1, 0.15) is 19.5 Å². The van der Waals surface area contributed by atoms with Crippen molar-refractivity contribution in [3.05, 3.63) is 22.7 Å². The van der Waals surface area contributed by atoms with Crippen molar-refractivity contribution in [1.29, 1.82) is 0 Å². The van der Waals surface area contributed by atoms with Crippen LogP contribution >= 0.6 is 15.9 Å². The van der Waals surface area contributed by atoms with Gasteiger partial charge in [-0.15, -0.1) is 0 Å². The van der Waals surface area contributed by atoms with Gasteiger partial charge in [0, 0.05) is 5.41 Å². The van der Waals surface area contributed by atoms with Gasteiger partial charge in [0.15, 0.2) is 0 Å². The predicted octanol–water partition coefficient (Wildman–Crippen LogP) is 1.51. The number of hydrogen-bond acceptors (Lipinski definition) is 3. The van der Waals surface area contributed by atoms with Crippen molar-refractivity contribution in [3.8, 4) is 0 Å². The molecule has 0 fully saturated rings. The molecule has 1 N–H and O–H groups in total. The van der Waals surface area contributed by atoms with E-state index in [1.165, 1.54) is 0 Å². The van der Waals surface area contributed by atoms with E-state index in [0.717, 1.165) is 5.69 Å². The van der Waals surface area contributed by atoms with Crippen LogP contribution in [0.25, 0.3) is 0 Å². The van der Waals surface area contributed by atoms with Gasteiger partial charge >= 0.3 is 0 Å². The van der Waals surface area contributed by atoms with Crippen molar-refractivity contribution in [2.24, 2.45) is 0 Å². The van der Waals surface area contributed by atoms with Gasteiger partial charge in [0.1, 0.15) is 4.60 Å². The van der Waals surface area contributed by atoms with Crippen LogP contribution in [0.2, 0.25) is 0 Å². The normalized spacial score (nSPS) is 11.7. The highest BCUT2D eigenvalue weighted by Gasteiger charge is 2.20. The highest BCUT2D eigenvalue weighted by atomic mass is 79.9. The van der Waals surface area contributed by atoms with Gasteiger partial charge in [-0.3, -0.25) is 4.98 Å². The molecule has 1 aromatic rings. The predicted molar refractivity (Wildman–Crippen MR) is 49.8 cm³/mol. The van der Waals surface area contributed by atoms with Crippen LogP contribution in [0.3, 0.4) is 0 Å². The number of aromatic nitrogens is 2. The molecule has 1 aromatic heterocycles. The van der Waals surface area contributed by atoms with E-state index in [9.17, 15) is 0 Å². The Kier molecular flexibility index (Phi) is 2.80. The Morgan fingerprint density at radius 3 is 2.50 bits per heavy atom. The highest BCUT2D eigenvalue weighted by Crippen LogP contribution is 2.19. The molecule has 0 amide bonds. The third-order valence-electron chi connectivity index (χ3n) is 1.71. The molecule has 0 bridgehead atoms. The van der Waals surface area contributed by atoms with E-state index in [0.29, 0.717) is 4.60 Å². The smallest absolute Gasteiger partial charge is 0.124 e. The summed E-state index contributed by atoms with van der Waals surface area (Å²) in [4.78, 5) is 8.19. The lowest BCUT2D eigenvalue weighted by Crippen LogP contribution is -2.23. The third kappa shape index (κ3) is 2.01. The fourth-order valence-electron chi connectivity index (χ4n) is 0.743. The maximum atomic E-state index is 9.04. The Labute approximate surface area is 80.0 Å². The number of hydrogen-bond donors (Lipinski definition) is 1. The lowest BCUT2D eigenvalue weighted by Gasteiger charge is -2.19. The fourth-order valence-corrected chi connectivity index (χ4v) is 0.948. The van der Waals surface area contributed by atoms with Crippen molar-refractivity contribution in [2.45, 2.75) is 19.3 Å². The van der Waals surface area contributed by atoms with Crippen LogP contribution < -0.4 is 0 Å². The largest absolute Gasteiger partial charge is 0.395 e. The second-order valence-corrected chi connectivity index (χ2v) is 4.08. The first-order valence-electron chi connectivity index (χ1n) is 3.65. The molecular formula is C8H11BrN2O. The second-order valence-electron chi connectivity index (χ2n) is 3.27. The average molecular weight is 231 g/mol. The van der Waals surface area contributed by atoms with Crippen molar-refractivity contribution < 1.29 is 5.11 Å². The summed E-state index contributed by atoms with van der Waals surface area (Å²) in [6.07, 6.45) is 3.30. The number of halogens is 1. The van der Waals surface area contributed by atoms with Crippen LogP contribution in [0.15, 0.2) is 17.0 Å². The van der Waals surface area contributed by atoms with Crippen LogP contribution in [0, 0.1) is 0 Å². The molecule has 0 aliphatic heterocycles. The van der Waals surface area contributed by atoms with E-state index in [1.54, 1.807) is 12.4 Å². The van der Waals surface area contributed by atoms with Gasteiger partial charge in [0.05, 0.1) is 24.7 Å². The summed E-state index contributed by atoms with van der Waals surface area (Å²) in [7, 11) is 0. The van der Waals surface area contributed by atoms with Crippen LogP contribution in [-0.4, -0.2) is 21.7 Å². The lowest BCUT2D eigenvalue weighted by atomic mass is 9.91. The monoisotopic (exact) mass is 230 g/mol. The summed E-state index contributed by atoms with van der Waals surface area (Å²) in [6.45, 7) is 3.92. The minimum absolute atomic E-state index is 0.0727. The maximum Gasteiger partial charge on any atom is 0.124 e. The summed E-state index contributed by atoms with van der Waals surface area (Å²) in [5, 5.41) is 9.04. The molecule has 12 heavy (non-hydrogen) atoms. The molecule has 0 saturated heterocycles. The first-order valence-corrected chi connectivity index (χ1v) is 4.44. The Hall–Kier alpha value is -0.480. The topological polar surface area (TPSA) is 46.0 Å². The Morgan fingerprint density at radius 2 is 2.08 bits per heavy atom. The van der Waals surface area contributed by atoms with E-state index >= 15 is 0 Å². The van der Waals surface area contributed by atoms with Crippen molar-refractivity contribution in [2.75, 3.05) is 6.61 Å². The summed E-state index contributed by atoms with van der Waals surface area (Å²) in [5.74, 6) is 0. The molecule has 66 valence electrons. The molecule has 1 rings (SSSR count). The SMILES string of the molecule is CC(C)(CO)c1cnc(Br)cn1. The molecule has 0 aliphatic rings. The molecule has 0 atom stereocenters. The molecule has 0 aliphatic carbocycles. The van der Waals surface area contributed by atoms with Crippen molar-refractivity contribution in [1.82, 2.24) is 9.97 Å². The van der Waals surface area contributed by atoms with Crippen LogP contribution in [-0.2, 0) is 5.41 Å². The standard InChI is InChI=1S/C8H11BrN2O/c1-8(2,5-12)6-3-11-7(9)4-10-6/h3-4,12H,5H2,1-2H3. The van der Waals surface area contributed by atoms with E-state index in [4.69, 9.17) is 5.11 Å². The molecule has 0 radical (unpaired) electrons. The van der Waals surface area contributed by atoms with E-state index in [1.807, 2.05) is 13.8 Å². The summed E-state index contributed by atoms with van der Waals surface area (Å²) in [5.41, 5.74) is 0.487. The van der Waals surface area contributed by atoms with Gasteiger partial charge in [-0.25, -0.2) is 4.98 Å². The molecule has 0 saturated carbocycles. The van der Waals surface area contributed by atoms with Gasteiger partial charge in [-0.05, 0) is 15.9 Å². The number of aliphatic hydroxyl groups is 1. The Bertz CT molecular complexity index is 258. The van der Waals surface area contributed by atoms with Crippen molar-refractivity contribution in [3.63, 3.8) is 0 Å². The van der Waals surface area contributed by atoms with E-state index < -0.39 is 0 Å². The first-order chi connectivity index (χ1) is 5.56. The van der Waals surface area contributed by atoms with Gasteiger partial charge < -0.3 is 5.11 Å². The minimum atomic E-state index is -0.312. The van der Waals surface area contributed by atoms with Gasteiger partial charge in [0.25, 0.3) is 0 Å². The molecule has 4 heteroatoms. The third-order valence-corrected chi connectivity index (χ3v) is 2.12. The zero-order chi connectivity index (χ0) is 9.19. The Balaban J connectivity index is 2.96. The Morgan fingerprint density at radius 1 is 1.42 bits per heavy atom. The second kappa shape index (κ2) is 3.49. The number of nitrogens with zero attached hydrogens (tertiary/aromatic N) is 2. The van der Waals surface area contributed by atoms with Gasteiger partial charge in [0.2, 0.25) is 0 Å². The zero-order valence-corrected chi connectivity index (χ0v) is 8.67. The number of aliphatic hydroxyl groups excluding tert-OH is 1. The molecule has 0 aromatic carbocycles. The lowest BCUT2D eigenvalue weighted by molar-refractivity contribution is 0.215. The fraction of sp³-hybridized carbons (Fsp3) is 0.500. The van der Waals surface area contributed by atoms with Gasteiger partial charge in [-0.2, -0.15) is 0 Å². The van der Waals surface area contributed by atoms with Crippen LogP contribution in [0.4, 0.5) is 0 Å². The molecule has 1 heterocycles. The summed E-state index contributed by atoms with van der Waals surface area (Å²) in [6, 6.07) is 0. The first kappa shape index (κ1) is 9.61. The quantitative estimate of drug-likeness (QED) is 0.839. The summed E-state index contributed by atoms with van der Waals surface area (Å²) >= 11 is 3.20.